The average molecular weight is 363 g/mol. The van der Waals surface area contributed by atoms with Crippen LogP contribution in [0, 0.1) is 5.92 Å². The molecule has 5 nitrogen and oxygen atoms in total. The summed E-state index contributed by atoms with van der Waals surface area (Å²) in [6.45, 7) is 0. The molecule has 2 amide bonds. The van der Waals surface area contributed by atoms with Crippen molar-refractivity contribution in [1.29, 1.82) is 0 Å². The molecule has 0 bridgehead atoms. The van der Waals surface area contributed by atoms with Crippen LogP contribution in [0.3, 0.4) is 0 Å². The normalized spacial score (nSPS) is 13.8. The van der Waals surface area contributed by atoms with Crippen LogP contribution in [0.15, 0.2) is 54.6 Å². The first kappa shape index (κ1) is 16.5. The number of rotatable bonds is 5. The monoisotopic (exact) mass is 363 g/mol. The quantitative estimate of drug-likeness (QED) is 0.664. The van der Waals surface area contributed by atoms with Gasteiger partial charge in [-0.3, -0.25) is 9.59 Å². The number of thiazole rings is 1. The summed E-state index contributed by atoms with van der Waals surface area (Å²) >= 11 is 1.54. The Hall–Kier alpha value is -2.99. The molecule has 1 saturated carbocycles. The van der Waals surface area contributed by atoms with Crippen LogP contribution in [0.4, 0.5) is 11.4 Å². The molecule has 1 fully saturated rings. The molecule has 130 valence electrons. The first-order chi connectivity index (χ1) is 12.7. The van der Waals surface area contributed by atoms with E-state index in [1.807, 2.05) is 30.3 Å². The molecule has 4 rings (SSSR count). The molecular weight excluding hydrogens is 346 g/mol. The third kappa shape index (κ3) is 3.97. The molecule has 0 atom stereocenters. The van der Waals surface area contributed by atoms with Gasteiger partial charge in [-0.05, 0) is 49.2 Å². The molecule has 3 aromatic rings. The van der Waals surface area contributed by atoms with Gasteiger partial charge in [0.2, 0.25) is 11.8 Å². The Kier molecular flexibility index (Phi) is 4.50. The summed E-state index contributed by atoms with van der Waals surface area (Å²) in [5.41, 5.74) is 2.25. The summed E-state index contributed by atoms with van der Waals surface area (Å²) in [5.74, 6) is -0.0517. The fraction of sp³-hybridized carbons (Fsp3) is 0.150. The van der Waals surface area contributed by atoms with Crippen molar-refractivity contribution in [3.63, 3.8) is 0 Å². The highest BCUT2D eigenvalue weighted by Gasteiger charge is 2.29. The van der Waals surface area contributed by atoms with Crippen molar-refractivity contribution < 1.29 is 9.59 Å². The van der Waals surface area contributed by atoms with E-state index >= 15 is 0 Å². The summed E-state index contributed by atoms with van der Waals surface area (Å²) in [7, 11) is 0. The minimum Gasteiger partial charge on any atom is -0.326 e. The van der Waals surface area contributed by atoms with Gasteiger partial charge in [0.25, 0.3) is 0 Å². The minimum atomic E-state index is -0.241. The molecule has 6 heteroatoms. The standard InChI is InChI=1S/C20H17N3O2S/c24-18(10-11-19-23-16-6-1-2-7-17(16)26-19)21-14-4-3-5-15(12-14)22-20(25)13-8-9-13/h1-7,10-13H,8-9H2,(H,21,24)(H,22,25)/b11-10+. The van der Waals surface area contributed by atoms with E-state index < -0.39 is 0 Å². The van der Waals surface area contributed by atoms with Gasteiger partial charge in [-0.25, -0.2) is 4.98 Å². The number of aromatic nitrogens is 1. The zero-order valence-electron chi connectivity index (χ0n) is 13.9. The molecule has 0 spiro atoms. The van der Waals surface area contributed by atoms with Crippen LogP contribution in [-0.2, 0) is 9.59 Å². The first-order valence-electron chi connectivity index (χ1n) is 8.43. The molecule has 1 aliphatic rings. The van der Waals surface area contributed by atoms with Gasteiger partial charge in [0.05, 0.1) is 10.2 Å². The van der Waals surface area contributed by atoms with Crippen molar-refractivity contribution in [1.82, 2.24) is 4.98 Å². The number of benzene rings is 2. The van der Waals surface area contributed by atoms with Gasteiger partial charge >= 0.3 is 0 Å². The van der Waals surface area contributed by atoms with E-state index in [-0.39, 0.29) is 17.7 Å². The summed E-state index contributed by atoms with van der Waals surface area (Å²) in [4.78, 5) is 28.4. The zero-order chi connectivity index (χ0) is 17.9. The van der Waals surface area contributed by atoms with Crippen LogP contribution in [0.5, 0.6) is 0 Å². The van der Waals surface area contributed by atoms with Crippen LogP contribution >= 0.6 is 11.3 Å². The molecule has 1 heterocycles. The van der Waals surface area contributed by atoms with Crippen molar-refractivity contribution in [3.05, 3.63) is 59.6 Å². The molecule has 26 heavy (non-hydrogen) atoms. The number of hydrogen-bond acceptors (Lipinski definition) is 4. The SMILES string of the molecule is O=C(/C=C/c1nc2ccccc2s1)Nc1cccc(NC(=O)C2CC2)c1. The molecule has 2 aromatic carbocycles. The van der Waals surface area contributed by atoms with Crippen LogP contribution < -0.4 is 10.6 Å². The van der Waals surface area contributed by atoms with E-state index in [0.717, 1.165) is 28.1 Å². The van der Waals surface area contributed by atoms with Crippen LogP contribution in [0.25, 0.3) is 16.3 Å². The van der Waals surface area contributed by atoms with E-state index in [1.165, 1.54) is 17.4 Å². The third-order valence-corrected chi connectivity index (χ3v) is 5.04. The second kappa shape index (κ2) is 7.09. The number of carbonyl (C=O) groups is 2. The second-order valence-electron chi connectivity index (χ2n) is 6.19. The van der Waals surface area contributed by atoms with E-state index in [9.17, 15) is 9.59 Å². The smallest absolute Gasteiger partial charge is 0.248 e. The molecule has 0 aliphatic heterocycles. The summed E-state index contributed by atoms with van der Waals surface area (Å²) in [5, 5.41) is 6.46. The number of carbonyl (C=O) groups excluding carboxylic acids is 2. The summed E-state index contributed by atoms with van der Waals surface area (Å²) in [6.07, 6.45) is 5.09. The van der Waals surface area contributed by atoms with Gasteiger partial charge in [0.1, 0.15) is 5.01 Å². The molecular formula is C20H17N3O2S. The lowest BCUT2D eigenvalue weighted by molar-refractivity contribution is -0.117. The molecule has 1 aliphatic carbocycles. The predicted molar refractivity (Wildman–Crippen MR) is 105 cm³/mol. The number of nitrogens with zero attached hydrogens (tertiary/aromatic N) is 1. The minimum absolute atomic E-state index is 0.0456. The first-order valence-corrected chi connectivity index (χ1v) is 9.24. The fourth-order valence-corrected chi connectivity index (χ4v) is 3.43. The summed E-state index contributed by atoms with van der Waals surface area (Å²) < 4.78 is 1.09. The molecule has 0 unspecified atom stereocenters. The number of amides is 2. The highest BCUT2D eigenvalue weighted by Crippen LogP contribution is 2.30. The van der Waals surface area contributed by atoms with Gasteiger partial charge in [0, 0.05) is 23.4 Å². The van der Waals surface area contributed by atoms with Crippen LogP contribution in [-0.4, -0.2) is 16.8 Å². The molecule has 0 radical (unpaired) electrons. The van der Waals surface area contributed by atoms with Crippen molar-refractivity contribution >= 4 is 50.8 Å². The number of nitrogens with one attached hydrogen (secondary N) is 2. The van der Waals surface area contributed by atoms with Gasteiger partial charge in [-0.15, -0.1) is 11.3 Å². The maximum Gasteiger partial charge on any atom is 0.248 e. The Bertz CT molecular complexity index is 972. The molecule has 0 saturated heterocycles. The zero-order valence-corrected chi connectivity index (χ0v) is 14.8. The second-order valence-corrected chi connectivity index (χ2v) is 7.25. The number of anilines is 2. The molecule has 1 aromatic heterocycles. The number of para-hydroxylation sites is 1. The van der Waals surface area contributed by atoms with Crippen molar-refractivity contribution in [2.45, 2.75) is 12.8 Å². The van der Waals surface area contributed by atoms with Crippen LogP contribution in [0.1, 0.15) is 17.8 Å². The van der Waals surface area contributed by atoms with Gasteiger partial charge < -0.3 is 10.6 Å². The molecule has 2 N–H and O–H groups in total. The van der Waals surface area contributed by atoms with Crippen LogP contribution in [0.2, 0.25) is 0 Å². The number of hydrogen-bond donors (Lipinski definition) is 2. The van der Waals surface area contributed by atoms with E-state index in [2.05, 4.69) is 15.6 Å². The maximum absolute atomic E-state index is 12.1. The fourth-order valence-electron chi connectivity index (χ4n) is 2.56. The third-order valence-electron chi connectivity index (χ3n) is 4.03. The van der Waals surface area contributed by atoms with Crippen molar-refractivity contribution in [3.8, 4) is 0 Å². The van der Waals surface area contributed by atoms with Gasteiger partial charge in [-0.1, -0.05) is 18.2 Å². The lowest BCUT2D eigenvalue weighted by Crippen LogP contribution is -2.14. The lowest BCUT2D eigenvalue weighted by atomic mass is 10.2. The van der Waals surface area contributed by atoms with E-state index in [0.29, 0.717) is 11.4 Å². The van der Waals surface area contributed by atoms with E-state index in [4.69, 9.17) is 0 Å². The topological polar surface area (TPSA) is 71.1 Å². The van der Waals surface area contributed by atoms with Gasteiger partial charge in [0.15, 0.2) is 0 Å². The summed E-state index contributed by atoms with van der Waals surface area (Å²) in [6, 6.07) is 15.0. The predicted octanol–water partition coefficient (Wildman–Crippen LogP) is 4.30. The largest absolute Gasteiger partial charge is 0.326 e. The van der Waals surface area contributed by atoms with Gasteiger partial charge in [-0.2, -0.15) is 0 Å². The lowest BCUT2D eigenvalue weighted by Gasteiger charge is -2.07. The Morgan fingerprint density at radius 1 is 1.04 bits per heavy atom. The highest BCUT2D eigenvalue weighted by atomic mass is 32.1. The Morgan fingerprint density at radius 2 is 1.81 bits per heavy atom. The Morgan fingerprint density at radius 3 is 2.58 bits per heavy atom. The average Bonchev–Trinajstić information content (AvgIpc) is 3.40. The Labute approximate surface area is 154 Å². The maximum atomic E-state index is 12.1. The highest BCUT2D eigenvalue weighted by molar-refractivity contribution is 7.19. The van der Waals surface area contributed by atoms with E-state index in [1.54, 1.807) is 24.3 Å². The number of fused-ring (bicyclic) bond motifs is 1. The Balaban J connectivity index is 1.40. The van der Waals surface area contributed by atoms with Crippen molar-refractivity contribution in [2.24, 2.45) is 5.92 Å². The van der Waals surface area contributed by atoms with Crippen molar-refractivity contribution in [2.75, 3.05) is 10.6 Å².